The Morgan fingerprint density at radius 3 is 2.52 bits per heavy atom. The fourth-order valence-corrected chi connectivity index (χ4v) is 2.75. The normalized spacial score (nSPS) is 23.3. The standard InChI is InChI=1S/C17H20O5S/c1-10(23-3)9-13-16(19)14(17(20)22-13)15(18)11(2)21-12-7-5-4-6-8-12/h4-8,10-11,13-14H,9H2,1-3H3. The summed E-state index contributed by atoms with van der Waals surface area (Å²) in [5.74, 6) is -2.62. The van der Waals surface area contributed by atoms with E-state index in [1.165, 1.54) is 6.92 Å². The summed E-state index contributed by atoms with van der Waals surface area (Å²) in [5.41, 5.74) is 0. The van der Waals surface area contributed by atoms with Gasteiger partial charge in [0.1, 0.15) is 5.75 Å². The van der Waals surface area contributed by atoms with Crippen LogP contribution in [0.25, 0.3) is 0 Å². The number of thioether (sulfide) groups is 1. The lowest BCUT2D eigenvalue weighted by atomic mass is 9.94. The number of Topliss-reactive ketones (excluding diaryl/α,β-unsaturated/α-hetero) is 2. The molecule has 1 heterocycles. The van der Waals surface area contributed by atoms with Gasteiger partial charge in [-0.25, -0.2) is 0 Å². The van der Waals surface area contributed by atoms with Crippen LogP contribution in [0.2, 0.25) is 0 Å². The topological polar surface area (TPSA) is 69.7 Å². The van der Waals surface area contributed by atoms with Crippen LogP contribution in [0.4, 0.5) is 0 Å². The van der Waals surface area contributed by atoms with Gasteiger partial charge in [0.15, 0.2) is 29.7 Å². The van der Waals surface area contributed by atoms with E-state index in [1.54, 1.807) is 36.0 Å². The molecule has 4 unspecified atom stereocenters. The smallest absolute Gasteiger partial charge is 0.325 e. The quantitative estimate of drug-likeness (QED) is 0.562. The summed E-state index contributed by atoms with van der Waals surface area (Å²) in [6.07, 6.45) is 0.617. The van der Waals surface area contributed by atoms with Crippen LogP contribution in [0.3, 0.4) is 0 Å². The first-order valence-corrected chi connectivity index (χ1v) is 8.75. The van der Waals surface area contributed by atoms with Crippen LogP contribution in [-0.4, -0.2) is 41.2 Å². The molecule has 0 radical (unpaired) electrons. The Balaban J connectivity index is 2.03. The average Bonchev–Trinajstić information content (AvgIpc) is 2.81. The second-order valence-electron chi connectivity index (χ2n) is 5.52. The molecule has 124 valence electrons. The van der Waals surface area contributed by atoms with Crippen LogP contribution in [0.1, 0.15) is 20.3 Å². The van der Waals surface area contributed by atoms with Crippen LogP contribution in [0.15, 0.2) is 30.3 Å². The van der Waals surface area contributed by atoms with Crippen LogP contribution in [0, 0.1) is 5.92 Å². The van der Waals surface area contributed by atoms with Gasteiger partial charge in [0.05, 0.1) is 0 Å². The van der Waals surface area contributed by atoms with Crippen molar-refractivity contribution in [2.24, 2.45) is 5.92 Å². The van der Waals surface area contributed by atoms with Crippen molar-refractivity contribution in [1.29, 1.82) is 0 Å². The monoisotopic (exact) mass is 336 g/mol. The van der Waals surface area contributed by atoms with E-state index in [9.17, 15) is 14.4 Å². The zero-order valence-electron chi connectivity index (χ0n) is 13.4. The highest BCUT2D eigenvalue weighted by Crippen LogP contribution is 2.26. The van der Waals surface area contributed by atoms with Crippen molar-refractivity contribution in [3.8, 4) is 5.75 Å². The first kappa shape index (κ1) is 17.5. The van der Waals surface area contributed by atoms with E-state index in [2.05, 4.69) is 0 Å². The maximum absolute atomic E-state index is 12.4. The molecule has 1 aromatic rings. The fraction of sp³-hybridized carbons (Fsp3) is 0.471. The molecule has 5 nitrogen and oxygen atoms in total. The third kappa shape index (κ3) is 4.13. The van der Waals surface area contributed by atoms with Gasteiger partial charge in [-0.2, -0.15) is 11.8 Å². The molecule has 1 fully saturated rings. The second-order valence-corrected chi connectivity index (χ2v) is 6.79. The van der Waals surface area contributed by atoms with E-state index in [0.717, 1.165) is 0 Å². The van der Waals surface area contributed by atoms with Crippen molar-refractivity contribution < 1.29 is 23.9 Å². The number of benzene rings is 1. The van der Waals surface area contributed by atoms with E-state index < -0.39 is 35.7 Å². The van der Waals surface area contributed by atoms with E-state index in [1.807, 2.05) is 19.2 Å². The number of carbonyl (C=O) groups is 3. The van der Waals surface area contributed by atoms with E-state index in [4.69, 9.17) is 9.47 Å². The molecule has 0 aromatic heterocycles. The highest BCUT2D eigenvalue weighted by Gasteiger charge is 2.49. The number of rotatable bonds is 7. The van der Waals surface area contributed by atoms with Crippen molar-refractivity contribution in [3.63, 3.8) is 0 Å². The van der Waals surface area contributed by atoms with E-state index >= 15 is 0 Å². The summed E-state index contributed by atoms with van der Waals surface area (Å²) >= 11 is 1.58. The molecule has 23 heavy (non-hydrogen) atoms. The van der Waals surface area contributed by atoms with Gasteiger partial charge in [0.2, 0.25) is 0 Å². The minimum atomic E-state index is -1.37. The number of hydrogen-bond donors (Lipinski definition) is 0. The molecule has 1 aliphatic rings. The van der Waals surface area contributed by atoms with Gasteiger partial charge < -0.3 is 9.47 Å². The molecule has 1 aromatic carbocycles. The van der Waals surface area contributed by atoms with Gasteiger partial charge in [-0.15, -0.1) is 0 Å². The number of esters is 1. The molecule has 0 saturated carbocycles. The molecule has 6 heteroatoms. The summed E-state index contributed by atoms with van der Waals surface area (Å²) in [7, 11) is 0. The number of para-hydroxylation sites is 1. The van der Waals surface area contributed by atoms with Crippen LogP contribution in [0.5, 0.6) is 5.75 Å². The lowest BCUT2D eigenvalue weighted by molar-refractivity contribution is -0.148. The lowest BCUT2D eigenvalue weighted by Gasteiger charge is -2.15. The number of hydrogen-bond acceptors (Lipinski definition) is 6. The fourth-order valence-electron chi connectivity index (χ4n) is 2.38. The first-order valence-electron chi connectivity index (χ1n) is 7.46. The predicted octanol–water partition coefficient (Wildman–Crippen LogP) is 2.28. The molecule has 4 atom stereocenters. The van der Waals surface area contributed by atoms with Gasteiger partial charge in [-0.3, -0.25) is 14.4 Å². The maximum Gasteiger partial charge on any atom is 0.325 e. The molecular weight excluding hydrogens is 316 g/mol. The first-order chi connectivity index (χ1) is 10.9. The van der Waals surface area contributed by atoms with Crippen LogP contribution >= 0.6 is 11.8 Å². The number of carbonyl (C=O) groups excluding carboxylic acids is 3. The van der Waals surface area contributed by atoms with Crippen molar-refractivity contribution in [3.05, 3.63) is 30.3 Å². The predicted molar refractivity (Wildman–Crippen MR) is 87.5 cm³/mol. The molecular formula is C17H20O5S. The summed E-state index contributed by atoms with van der Waals surface area (Å²) in [4.78, 5) is 36.7. The Morgan fingerprint density at radius 1 is 1.26 bits per heavy atom. The molecule has 1 saturated heterocycles. The largest absolute Gasteiger partial charge is 0.483 e. The third-order valence-electron chi connectivity index (χ3n) is 3.79. The molecule has 1 aliphatic heterocycles. The summed E-state index contributed by atoms with van der Waals surface area (Å²) in [5, 5.41) is 0.170. The molecule has 0 amide bonds. The van der Waals surface area contributed by atoms with Gasteiger partial charge >= 0.3 is 5.97 Å². The Bertz CT molecular complexity index is 586. The minimum absolute atomic E-state index is 0.170. The van der Waals surface area contributed by atoms with Gasteiger partial charge in [-0.05, 0) is 25.3 Å². The number of ether oxygens (including phenoxy) is 2. The second kappa shape index (κ2) is 7.64. The number of cyclic esters (lactones) is 1. The Labute approximate surface area is 139 Å². The zero-order chi connectivity index (χ0) is 17.0. The maximum atomic E-state index is 12.4. The Hall–Kier alpha value is -1.82. The lowest BCUT2D eigenvalue weighted by Crippen LogP contribution is -2.37. The van der Waals surface area contributed by atoms with Gasteiger partial charge in [0, 0.05) is 11.7 Å². The average molecular weight is 336 g/mol. The summed E-state index contributed by atoms with van der Waals surface area (Å²) in [6.45, 7) is 3.48. The molecule has 0 N–H and O–H groups in total. The zero-order valence-corrected chi connectivity index (χ0v) is 14.2. The highest BCUT2D eigenvalue weighted by atomic mass is 32.2. The number of ketones is 2. The molecule has 0 spiro atoms. The SMILES string of the molecule is CSC(C)CC1OC(=O)C(C(=O)C(C)Oc2ccccc2)C1=O. The molecule has 0 aliphatic carbocycles. The van der Waals surface area contributed by atoms with Gasteiger partial charge in [0.25, 0.3) is 0 Å². The van der Waals surface area contributed by atoms with E-state index in [0.29, 0.717) is 12.2 Å². The third-order valence-corrected chi connectivity index (χ3v) is 4.78. The summed E-state index contributed by atoms with van der Waals surface area (Å²) < 4.78 is 10.6. The van der Waals surface area contributed by atoms with Crippen molar-refractivity contribution >= 4 is 29.3 Å². The van der Waals surface area contributed by atoms with Gasteiger partial charge in [-0.1, -0.05) is 25.1 Å². The Morgan fingerprint density at radius 2 is 1.91 bits per heavy atom. The van der Waals surface area contributed by atoms with Crippen LogP contribution in [-0.2, 0) is 19.1 Å². The van der Waals surface area contributed by atoms with Crippen LogP contribution < -0.4 is 4.74 Å². The highest BCUT2D eigenvalue weighted by molar-refractivity contribution is 7.99. The van der Waals surface area contributed by atoms with Crippen molar-refractivity contribution in [2.75, 3.05) is 6.26 Å². The molecule has 2 rings (SSSR count). The minimum Gasteiger partial charge on any atom is -0.483 e. The van der Waals surface area contributed by atoms with Crippen molar-refractivity contribution in [1.82, 2.24) is 0 Å². The Kier molecular flexibility index (Phi) is 5.82. The van der Waals surface area contributed by atoms with Crippen molar-refractivity contribution in [2.45, 2.75) is 37.7 Å². The molecule has 0 bridgehead atoms. The summed E-state index contributed by atoms with van der Waals surface area (Å²) in [6, 6.07) is 8.81. The van der Waals surface area contributed by atoms with E-state index in [-0.39, 0.29) is 5.25 Å².